The number of aliphatic hydroxyl groups excluding tert-OH is 1. The van der Waals surface area contributed by atoms with Crippen LogP contribution in [0.4, 0.5) is 0 Å². The lowest BCUT2D eigenvalue weighted by Gasteiger charge is -2.20. The molecule has 0 amide bonds. The van der Waals surface area contributed by atoms with Gasteiger partial charge < -0.3 is 19.7 Å². The minimum atomic E-state index is -0.980. The van der Waals surface area contributed by atoms with Gasteiger partial charge in [0.2, 0.25) is 0 Å². The number of hydrogen-bond donors (Lipinski definition) is 2. The Bertz CT molecular complexity index is 740. The highest BCUT2D eigenvalue weighted by molar-refractivity contribution is 5.88. The standard InChI is InChI=1S/C14H12O6/c1-3-4-8-12(17)10-9(20-14(8)18)5-7(6-15)11(16)13(10)19-2/h3-5,8,16-17H,1-2H3. The van der Waals surface area contributed by atoms with Crippen LogP contribution in [0.2, 0.25) is 0 Å². The molecule has 1 aromatic rings. The van der Waals surface area contributed by atoms with Crippen LogP contribution in [-0.4, -0.2) is 29.2 Å². The number of esters is 1. The predicted molar refractivity (Wildman–Crippen MR) is 68.7 cm³/mol. The zero-order valence-electron chi connectivity index (χ0n) is 10.8. The van der Waals surface area contributed by atoms with Gasteiger partial charge in [0, 0.05) is 6.07 Å². The molecule has 0 aliphatic carbocycles. The number of phenols is 1. The van der Waals surface area contributed by atoms with Crippen LogP contribution in [0.25, 0.3) is 5.76 Å². The molecule has 0 saturated heterocycles. The quantitative estimate of drug-likeness (QED) is 0.437. The minimum absolute atomic E-state index is 0.0479. The fraction of sp³-hybridized carbons (Fsp3) is 0.214. The molecule has 2 N–H and O–H groups in total. The van der Waals surface area contributed by atoms with Gasteiger partial charge in [-0.2, -0.15) is 0 Å². The molecule has 0 fully saturated rings. The number of hydrogen-bond acceptors (Lipinski definition) is 6. The van der Waals surface area contributed by atoms with Crippen LogP contribution in [0.5, 0.6) is 17.2 Å². The lowest BCUT2D eigenvalue weighted by atomic mass is 10.0. The van der Waals surface area contributed by atoms with Crippen molar-refractivity contribution < 1.29 is 29.3 Å². The van der Waals surface area contributed by atoms with Gasteiger partial charge in [0.1, 0.15) is 33.8 Å². The van der Waals surface area contributed by atoms with E-state index in [0.717, 1.165) is 6.07 Å². The molecule has 1 aliphatic rings. The van der Waals surface area contributed by atoms with Crippen LogP contribution in [0.15, 0.2) is 18.2 Å². The molecule has 6 nitrogen and oxygen atoms in total. The highest BCUT2D eigenvalue weighted by Gasteiger charge is 2.31. The first kappa shape index (κ1) is 13.7. The summed E-state index contributed by atoms with van der Waals surface area (Å²) in [5.74, 6) is -1.12. The normalized spacial score (nSPS) is 17.6. The number of carbonyl (C=O) groups excluding carboxylic acids is 2. The van der Waals surface area contributed by atoms with Crippen LogP contribution < -0.4 is 19.9 Å². The number of benzene rings is 1. The third-order valence-electron chi connectivity index (χ3n) is 2.93. The van der Waals surface area contributed by atoms with Crippen molar-refractivity contribution in [2.45, 2.75) is 6.92 Å². The molecule has 0 bridgehead atoms. The van der Waals surface area contributed by atoms with E-state index in [1.807, 2.05) is 0 Å². The van der Waals surface area contributed by atoms with Crippen LogP contribution in [0.1, 0.15) is 6.92 Å². The molecule has 0 spiro atoms. The van der Waals surface area contributed by atoms with E-state index >= 15 is 0 Å². The van der Waals surface area contributed by atoms with Gasteiger partial charge in [0.05, 0.1) is 7.11 Å². The summed E-state index contributed by atoms with van der Waals surface area (Å²) >= 11 is 0. The summed E-state index contributed by atoms with van der Waals surface area (Å²) in [4.78, 5) is 22.5. The van der Waals surface area contributed by atoms with Crippen molar-refractivity contribution in [1.82, 2.24) is 0 Å². The first-order chi connectivity index (χ1) is 9.54. The van der Waals surface area contributed by atoms with E-state index in [2.05, 4.69) is 0 Å². The topological polar surface area (TPSA) is 93.1 Å². The second kappa shape index (κ2) is 5.11. The maximum absolute atomic E-state index is 11.8. The zero-order valence-corrected chi connectivity index (χ0v) is 10.8. The molecular weight excluding hydrogens is 264 g/mol. The van der Waals surface area contributed by atoms with E-state index in [9.17, 15) is 19.8 Å². The lowest BCUT2D eigenvalue weighted by molar-refractivity contribution is -0.136. The van der Waals surface area contributed by atoms with Crippen LogP contribution in [0, 0.1) is 5.92 Å². The molecule has 6 heteroatoms. The Morgan fingerprint density at radius 1 is 1.45 bits per heavy atom. The molecule has 0 radical (unpaired) electrons. The molecule has 1 atom stereocenters. The fourth-order valence-electron chi connectivity index (χ4n) is 2.02. The van der Waals surface area contributed by atoms with Gasteiger partial charge in [0.25, 0.3) is 0 Å². The van der Waals surface area contributed by atoms with Gasteiger partial charge in [-0.25, -0.2) is 4.79 Å². The lowest BCUT2D eigenvalue weighted by Crippen LogP contribution is -2.34. The van der Waals surface area contributed by atoms with Crippen molar-refractivity contribution in [3.05, 3.63) is 28.7 Å². The summed E-state index contributed by atoms with van der Waals surface area (Å²) in [6, 6.07) is 1.13. The molecule has 1 aromatic carbocycles. The van der Waals surface area contributed by atoms with Crippen molar-refractivity contribution in [3.63, 3.8) is 0 Å². The Hall–Kier alpha value is -2.72. The Balaban J connectivity index is 2.94. The first-order valence-corrected chi connectivity index (χ1v) is 5.77. The fourth-order valence-corrected chi connectivity index (χ4v) is 2.02. The molecule has 1 heterocycles. The van der Waals surface area contributed by atoms with Crippen LogP contribution >= 0.6 is 0 Å². The van der Waals surface area contributed by atoms with Crippen molar-refractivity contribution in [2.24, 2.45) is 5.92 Å². The summed E-state index contributed by atoms with van der Waals surface area (Å²) in [6.45, 7) is 1.69. The molecule has 0 aromatic heterocycles. The highest BCUT2D eigenvalue weighted by Crippen LogP contribution is 2.27. The van der Waals surface area contributed by atoms with Crippen molar-refractivity contribution in [3.8, 4) is 17.2 Å². The number of methoxy groups -OCH3 is 1. The number of ether oxygens (including phenoxy) is 2. The van der Waals surface area contributed by atoms with E-state index < -0.39 is 17.6 Å². The van der Waals surface area contributed by atoms with Gasteiger partial charge in [-0.05, 0) is 6.92 Å². The van der Waals surface area contributed by atoms with Gasteiger partial charge >= 0.3 is 5.97 Å². The van der Waals surface area contributed by atoms with E-state index in [0.29, 0.717) is 0 Å². The van der Waals surface area contributed by atoms with E-state index in [-0.39, 0.29) is 27.7 Å². The first-order valence-electron chi connectivity index (χ1n) is 5.77. The highest BCUT2D eigenvalue weighted by atomic mass is 16.5. The second-order valence-electron chi connectivity index (χ2n) is 4.09. The Labute approximate surface area is 113 Å². The molecule has 1 aliphatic heterocycles. The number of carbonyl (C=O) groups is 1. The molecule has 2 rings (SSSR count). The third kappa shape index (κ3) is 1.92. The maximum Gasteiger partial charge on any atom is 0.325 e. The van der Waals surface area contributed by atoms with E-state index in [1.54, 1.807) is 13.0 Å². The SMILES string of the molecule is CC=CC1C(=O)Oc2cc(=C=O)c(O)c(OC)c2=C1O. The maximum atomic E-state index is 11.8. The van der Waals surface area contributed by atoms with Crippen molar-refractivity contribution in [2.75, 3.05) is 7.11 Å². The Morgan fingerprint density at radius 3 is 2.70 bits per heavy atom. The number of fused-ring (bicyclic) bond motifs is 1. The van der Waals surface area contributed by atoms with Gasteiger partial charge in [0.15, 0.2) is 11.5 Å². The summed E-state index contributed by atoms with van der Waals surface area (Å²) in [5, 5.41) is 19.9. The average molecular weight is 276 g/mol. The molecule has 1 unspecified atom stereocenters. The summed E-state index contributed by atoms with van der Waals surface area (Å²) in [7, 11) is 1.26. The zero-order chi connectivity index (χ0) is 14.9. The third-order valence-corrected chi connectivity index (χ3v) is 2.93. The summed E-state index contributed by atoms with van der Waals surface area (Å²) < 4.78 is 10.1. The van der Waals surface area contributed by atoms with Crippen molar-refractivity contribution >= 4 is 17.7 Å². The number of phenolic OH excluding ortho intramolecular Hbond substituents is 1. The molecule has 0 saturated carbocycles. The van der Waals surface area contributed by atoms with Gasteiger partial charge in [-0.1, -0.05) is 12.2 Å². The van der Waals surface area contributed by atoms with Gasteiger partial charge in [-0.15, -0.1) is 0 Å². The van der Waals surface area contributed by atoms with E-state index in [4.69, 9.17) is 9.47 Å². The van der Waals surface area contributed by atoms with Crippen LogP contribution in [-0.2, 0) is 9.59 Å². The number of rotatable bonds is 2. The second-order valence-corrected chi connectivity index (χ2v) is 4.09. The number of aliphatic hydroxyl groups is 1. The Morgan fingerprint density at radius 2 is 2.15 bits per heavy atom. The monoisotopic (exact) mass is 276 g/mol. The molecular formula is C14H12O6. The largest absolute Gasteiger partial charge is 0.510 e. The predicted octanol–water partition coefficient (Wildman–Crippen LogP) is -0.319. The molecule has 104 valence electrons. The molecule has 20 heavy (non-hydrogen) atoms. The summed E-state index contributed by atoms with van der Waals surface area (Å²) in [5.41, 5.74) is 0. The van der Waals surface area contributed by atoms with Crippen LogP contribution in [0.3, 0.4) is 0 Å². The Kier molecular flexibility index (Phi) is 3.50. The average Bonchev–Trinajstić information content (AvgIpc) is 2.43. The number of allylic oxidation sites excluding steroid dienone is 1. The summed E-state index contributed by atoms with van der Waals surface area (Å²) in [6.07, 6.45) is 3.05. The minimum Gasteiger partial charge on any atom is -0.510 e. The smallest absolute Gasteiger partial charge is 0.325 e. The van der Waals surface area contributed by atoms with E-state index in [1.165, 1.54) is 19.1 Å². The van der Waals surface area contributed by atoms with Gasteiger partial charge in [-0.3, -0.25) is 4.79 Å². The number of aromatic hydroxyl groups is 1. The van der Waals surface area contributed by atoms with Crippen molar-refractivity contribution in [1.29, 1.82) is 0 Å².